The molecule has 0 atom stereocenters. The molecule has 0 bridgehead atoms. The second-order valence-corrected chi connectivity index (χ2v) is 13.0. The van der Waals surface area contributed by atoms with Crippen LogP contribution >= 0.6 is 19.1 Å². The number of hydrogen-bond acceptors (Lipinski definition) is 5. The molecule has 208 valence electrons. The van der Waals surface area contributed by atoms with Gasteiger partial charge in [-0.2, -0.15) is 0 Å². The van der Waals surface area contributed by atoms with E-state index in [1.165, 1.54) is 5.56 Å². The number of aryl methyl sites for hydroxylation is 1. The van der Waals surface area contributed by atoms with Gasteiger partial charge in [-0.25, -0.2) is 9.98 Å². The van der Waals surface area contributed by atoms with Gasteiger partial charge in [-0.1, -0.05) is 48.0 Å². The third-order valence-electron chi connectivity index (χ3n) is 6.13. The fraction of sp³-hybridized carbons (Fsp3) is 0.333. The van der Waals surface area contributed by atoms with Gasteiger partial charge in [0.05, 0.1) is 11.1 Å². The number of rotatable bonds is 6. The van der Waals surface area contributed by atoms with Crippen LogP contribution in [0.15, 0.2) is 76.7 Å². The molecule has 0 aromatic heterocycles. The molecule has 0 spiro atoms. The van der Waals surface area contributed by atoms with Crippen LogP contribution in [0.2, 0.25) is 0 Å². The molecule has 5 rings (SSSR count). The molecule has 0 unspecified atom stereocenters. The minimum atomic E-state index is -0.253. The second-order valence-electron chi connectivity index (χ2n) is 10.6. The van der Waals surface area contributed by atoms with Crippen LogP contribution in [0.25, 0.3) is 11.1 Å². The predicted octanol–water partition coefficient (Wildman–Crippen LogP) is 7.35. The van der Waals surface area contributed by atoms with Crippen molar-refractivity contribution in [2.45, 2.75) is 52.3 Å². The standard InChI is InChI=1S/C30H32N2O3.2ClH.Pd.Si/c1-20-6-8-21(9-7-20)17-33-24-13-10-22(11-14-24)23-12-15-25(27-31-29(2,3)18-34-27)26(16-23)28-32-30(4,5)19-35-28;;;;/h6-16H,17-19H2,1-5H3;2*1H;;/q;;;+2;/p-2. The third kappa shape index (κ3) is 8.42. The Kier molecular flexibility index (Phi) is 10.8. The molecule has 0 aliphatic carbocycles. The van der Waals surface area contributed by atoms with E-state index in [9.17, 15) is 0 Å². The Hall–Kier alpha value is -2.14. The smallest absolute Gasteiger partial charge is 0 e. The fourth-order valence-electron chi connectivity index (χ4n) is 4.13. The summed E-state index contributed by atoms with van der Waals surface area (Å²) < 4.78 is 18.0. The zero-order valence-electron chi connectivity index (χ0n) is 22.7. The van der Waals surface area contributed by atoms with Gasteiger partial charge in [-0.3, -0.25) is 0 Å². The van der Waals surface area contributed by atoms with E-state index in [1.54, 1.807) is 0 Å². The van der Waals surface area contributed by atoms with Crippen LogP contribution in [0, 0.1) is 6.92 Å². The molecule has 0 saturated heterocycles. The summed E-state index contributed by atoms with van der Waals surface area (Å²) in [7, 11) is 9.63. The zero-order chi connectivity index (χ0) is 27.3. The van der Waals surface area contributed by atoms with Crippen molar-refractivity contribution in [1.29, 1.82) is 0 Å². The predicted molar refractivity (Wildman–Crippen MR) is 158 cm³/mol. The van der Waals surface area contributed by atoms with E-state index in [0.717, 1.165) is 33.6 Å². The van der Waals surface area contributed by atoms with Crippen molar-refractivity contribution in [3.63, 3.8) is 0 Å². The number of aliphatic imine (C=N–C) groups is 2. The first-order chi connectivity index (χ1) is 18.1. The van der Waals surface area contributed by atoms with Crippen LogP contribution in [0.1, 0.15) is 49.9 Å². The van der Waals surface area contributed by atoms with Crippen molar-refractivity contribution < 1.29 is 30.2 Å². The first-order valence-corrected chi connectivity index (χ1v) is 16.3. The van der Waals surface area contributed by atoms with Crippen molar-refractivity contribution in [3.05, 3.63) is 89.0 Å². The summed E-state index contributed by atoms with van der Waals surface area (Å²) in [6.45, 7) is 12.0. The molecule has 39 heavy (non-hydrogen) atoms. The molecular formula is C30H32Cl2N2O3PdSi. The fourth-order valence-corrected chi connectivity index (χ4v) is 4.13. The molecule has 3 aromatic rings. The van der Waals surface area contributed by atoms with Crippen LogP contribution < -0.4 is 4.74 Å². The van der Waals surface area contributed by atoms with Gasteiger partial charge in [0.15, 0.2) is 0 Å². The molecule has 2 aliphatic heterocycles. The number of benzene rings is 3. The Morgan fingerprint density at radius 3 is 1.79 bits per heavy atom. The van der Waals surface area contributed by atoms with Crippen molar-refractivity contribution >= 4 is 41.8 Å². The second kappa shape index (κ2) is 13.5. The van der Waals surface area contributed by atoms with Gasteiger partial charge in [0.25, 0.3) is 0 Å². The topological polar surface area (TPSA) is 52.4 Å². The van der Waals surface area contributed by atoms with Gasteiger partial charge in [0, 0.05) is 22.1 Å². The van der Waals surface area contributed by atoms with Crippen LogP contribution in [0.5, 0.6) is 5.75 Å². The van der Waals surface area contributed by atoms with E-state index in [4.69, 9.17) is 43.3 Å². The van der Waals surface area contributed by atoms with Crippen molar-refractivity contribution in [3.8, 4) is 16.9 Å². The van der Waals surface area contributed by atoms with E-state index < -0.39 is 0 Å². The van der Waals surface area contributed by atoms with E-state index in [-0.39, 0.29) is 38.0 Å². The summed E-state index contributed by atoms with van der Waals surface area (Å²) >= 11 is -0.106. The molecule has 4 radical (unpaired) electrons. The van der Waals surface area contributed by atoms with Gasteiger partial charge in [0.1, 0.15) is 25.6 Å². The van der Waals surface area contributed by atoms with E-state index in [2.05, 4.69) is 89.2 Å². The van der Waals surface area contributed by atoms with Gasteiger partial charge >= 0.3 is 35.0 Å². The summed E-state index contributed by atoms with van der Waals surface area (Å²) in [6, 6.07) is 22.9. The number of hydrogen-bond donors (Lipinski definition) is 0. The number of nitrogens with zero attached hydrogens (tertiary/aromatic N) is 2. The Balaban J connectivity index is 0.00000101. The summed E-state index contributed by atoms with van der Waals surface area (Å²) in [5.41, 5.74) is 5.89. The quantitative estimate of drug-likeness (QED) is 0.257. The zero-order valence-corrected chi connectivity index (χ0v) is 26.7. The van der Waals surface area contributed by atoms with Crippen LogP contribution in [0.4, 0.5) is 0 Å². The number of ether oxygens (including phenoxy) is 3. The first-order valence-electron chi connectivity index (χ1n) is 12.3. The molecule has 2 aliphatic rings. The summed E-state index contributed by atoms with van der Waals surface area (Å²) in [5, 5.41) is 0. The maximum atomic E-state index is 6.02. The van der Waals surface area contributed by atoms with Crippen molar-refractivity contribution in [2.75, 3.05) is 13.2 Å². The van der Waals surface area contributed by atoms with Crippen LogP contribution in [-0.4, -0.2) is 47.1 Å². The molecule has 0 N–H and O–H groups in total. The molecule has 2 heterocycles. The van der Waals surface area contributed by atoms with E-state index in [1.807, 2.05) is 12.1 Å². The minimum Gasteiger partial charge on any atom is 0 e. The third-order valence-corrected chi connectivity index (χ3v) is 6.13. The molecule has 3 aromatic carbocycles. The monoisotopic (exact) mass is 672 g/mol. The van der Waals surface area contributed by atoms with E-state index in [0.29, 0.717) is 31.6 Å². The SMILES string of the molecule is Cc1ccc(COc2ccc(-c3ccc(C4=NC(C)(C)CO4)c(C4=NC(C)(C)CO4)c3)cc2)cc1.[Cl][Pd][Cl].[Si]. The van der Waals surface area contributed by atoms with Gasteiger partial charge in [0.2, 0.25) is 11.8 Å². The summed E-state index contributed by atoms with van der Waals surface area (Å²) in [6.07, 6.45) is 0. The summed E-state index contributed by atoms with van der Waals surface area (Å²) in [4.78, 5) is 9.62. The normalized spacial score (nSPS) is 16.6. The number of halogens is 2. The minimum absolute atomic E-state index is 0. The Morgan fingerprint density at radius 1 is 0.769 bits per heavy atom. The Bertz CT molecular complexity index is 1330. The average molecular weight is 674 g/mol. The maximum Gasteiger partial charge on any atom is 0 e. The van der Waals surface area contributed by atoms with Gasteiger partial charge in [-0.15, -0.1) is 0 Å². The van der Waals surface area contributed by atoms with Gasteiger partial charge in [-0.05, 0) is 75.6 Å². The Morgan fingerprint density at radius 2 is 1.28 bits per heavy atom. The molecule has 0 amide bonds. The first kappa shape index (κ1) is 31.4. The maximum absolute atomic E-state index is 6.02. The summed E-state index contributed by atoms with van der Waals surface area (Å²) in [5.74, 6) is 2.13. The van der Waals surface area contributed by atoms with Crippen molar-refractivity contribution in [2.24, 2.45) is 9.98 Å². The van der Waals surface area contributed by atoms with E-state index >= 15 is 0 Å². The van der Waals surface area contributed by atoms with Crippen molar-refractivity contribution in [1.82, 2.24) is 0 Å². The largest absolute Gasteiger partial charge is 0 e. The molecule has 9 heteroatoms. The Labute approximate surface area is 252 Å². The van der Waals surface area contributed by atoms with Gasteiger partial charge < -0.3 is 14.2 Å². The molecule has 0 saturated carbocycles. The molecule has 5 nitrogen and oxygen atoms in total. The molecule has 0 fully saturated rings. The molecular weight excluding hydrogens is 642 g/mol. The van der Waals surface area contributed by atoms with Crippen LogP contribution in [-0.2, 0) is 32.0 Å². The van der Waals surface area contributed by atoms with Crippen LogP contribution in [0.3, 0.4) is 0 Å². The average Bonchev–Trinajstić information content (AvgIpc) is 3.44.